The molecule has 0 atom stereocenters. The first kappa shape index (κ1) is 9.43. The van der Waals surface area contributed by atoms with Gasteiger partial charge in [0.15, 0.2) is 0 Å². The summed E-state index contributed by atoms with van der Waals surface area (Å²) in [5.74, 6) is 0. The lowest BCUT2D eigenvalue weighted by Crippen LogP contribution is -2.17. The van der Waals surface area contributed by atoms with Crippen molar-refractivity contribution >= 4 is 26.8 Å². The monoisotopic (exact) mass is 264 g/mol. The Balaban J connectivity index is 2.23. The molecule has 15 heavy (non-hydrogen) atoms. The second-order valence-corrected chi connectivity index (χ2v) is 4.91. The molecule has 1 aliphatic rings. The largest absolute Gasteiger partial charge is 0.343 e. The van der Waals surface area contributed by atoms with E-state index < -0.39 is 0 Å². The molecule has 0 radical (unpaired) electrons. The standard InChI is InChI=1S/C12H13BrN2/c13-10-1-2-12-9(7-10)8-11-3-4-14-5-6-15(11)12/h1-2,7-8,14H,3-6H2. The Morgan fingerprint density at radius 2 is 2.13 bits per heavy atom. The molecule has 1 aliphatic heterocycles. The minimum Gasteiger partial charge on any atom is -0.343 e. The molecule has 1 aromatic heterocycles. The maximum atomic E-state index is 3.52. The second-order valence-electron chi connectivity index (χ2n) is 3.99. The van der Waals surface area contributed by atoms with Crippen LogP contribution in [0.4, 0.5) is 0 Å². The molecule has 1 N–H and O–H groups in total. The number of halogens is 1. The van der Waals surface area contributed by atoms with Gasteiger partial charge in [-0.05, 0) is 24.3 Å². The van der Waals surface area contributed by atoms with Crippen molar-refractivity contribution in [2.24, 2.45) is 0 Å². The maximum Gasteiger partial charge on any atom is 0.0483 e. The van der Waals surface area contributed by atoms with Crippen molar-refractivity contribution in [1.29, 1.82) is 0 Å². The number of benzene rings is 1. The summed E-state index contributed by atoms with van der Waals surface area (Å²) in [6.45, 7) is 3.25. The number of nitrogens with one attached hydrogen (secondary N) is 1. The number of hydrogen-bond donors (Lipinski definition) is 1. The topological polar surface area (TPSA) is 17.0 Å². The van der Waals surface area contributed by atoms with Crippen molar-refractivity contribution in [3.05, 3.63) is 34.4 Å². The number of hydrogen-bond acceptors (Lipinski definition) is 1. The van der Waals surface area contributed by atoms with Crippen molar-refractivity contribution in [2.45, 2.75) is 13.0 Å². The summed E-state index contributed by atoms with van der Waals surface area (Å²) in [6.07, 6.45) is 1.13. The highest BCUT2D eigenvalue weighted by atomic mass is 79.9. The fourth-order valence-corrected chi connectivity index (χ4v) is 2.68. The maximum absolute atomic E-state index is 3.52. The van der Waals surface area contributed by atoms with Gasteiger partial charge < -0.3 is 9.88 Å². The smallest absolute Gasteiger partial charge is 0.0483 e. The lowest BCUT2D eigenvalue weighted by molar-refractivity contribution is 0.658. The Hall–Kier alpha value is -0.800. The molecule has 0 saturated carbocycles. The summed E-state index contributed by atoms with van der Waals surface area (Å²) in [5.41, 5.74) is 2.81. The highest BCUT2D eigenvalue weighted by Crippen LogP contribution is 2.24. The average Bonchev–Trinajstić information content (AvgIpc) is 2.42. The summed E-state index contributed by atoms with van der Waals surface area (Å²) >= 11 is 3.52. The highest BCUT2D eigenvalue weighted by Gasteiger charge is 2.10. The lowest BCUT2D eigenvalue weighted by atomic mass is 10.2. The van der Waals surface area contributed by atoms with Crippen molar-refractivity contribution in [2.75, 3.05) is 13.1 Å². The fraction of sp³-hybridized carbons (Fsp3) is 0.333. The zero-order chi connectivity index (χ0) is 10.3. The third-order valence-corrected chi connectivity index (χ3v) is 3.51. The van der Waals surface area contributed by atoms with Crippen LogP contribution in [0, 0.1) is 0 Å². The third kappa shape index (κ3) is 1.60. The van der Waals surface area contributed by atoms with E-state index in [4.69, 9.17) is 0 Å². The van der Waals surface area contributed by atoms with Gasteiger partial charge in [0.1, 0.15) is 0 Å². The molecule has 1 aromatic carbocycles. The molecule has 0 fully saturated rings. The molecule has 0 amide bonds. The van der Waals surface area contributed by atoms with Gasteiger partial charge in [-0.15, -0.1) is 0 Å². The molecule has 0 aliphatic carbocycles. The first-order valence-electron chi connectivity index (χ1n) is 5.33. The number of rotatable bonds is 0. The molecule has 0 unspecified atom stereocenters. The van der Waals surface area contributed by atoms with E-state index in [2.05, 4.69) is 50.1 Å². The number of nitrogens with zero attached hydrogens (tertiary/aromatic N) is 1. The van der Waals surface area contributed by atoms with E-state index in [-0.39, 0.29) is 0 Å². The minimum absolute atomic E-state index is 1.08. The van der Waals surface area contributed by atoms with Gasteiger partial charge in [0.25, 0.3) is 0 Å². The molecule has 2 heterocycles. The highest BCUT2D eigenvalue weighted by molar-refractivity contribution is 9.10. The summed E-state index contributed by atoms with van der Waals surface area (Å²) in [4.78, 5) is 0. The summed E-state index contributed by atoms with van der Waals surface area (Å²) < 4.78 is 3.59. The average molecular weight is 265 g/mol. The summed E-state index contributed by atoms with van der Waals surface area (Å²) in [7, 11) is 0. The van der Waals surface area contributed by atoms with Crippen LogP contribution >= 0.6 is 15.9 Å². The van der Waals surface area contributed by atoms with Gasteiger partial charge in [-0.2, -0.15) is 0 Å². The van der Waals surface area contributed by atoms with Crippen LogP contribution in [-0.4, -0.2) is 17.7 Å². The lowest BCUT2D eigenvalue weighted by Gasteiger charge is -2.05. The molecule has 3 heteroatoms. The SMILES string of the molecule is Brc1ccc2c(c1)cc1n2CCNCC1. The van der Waals surface area contributed by atoms with Gasteiger partial charge in [-0.1, -0.05) is 15.9 Å². The fourth-order valence-electron chi connectivity index (χ4n) is 2.30. The van der Waals surface area contributed by atoms with Gasteiger partial charge in [0.2, 0.25) is 0 Å². The van der Waals surface area contributed by atoms with E-state index in [1.54, 1.807) is 0 Å². The van der Waals surface area contributed by atoms with E-state index in [1.807, 2.05) is 0 Å². The quantitative estimate of drug-likeness (QED) is 0.774. The van der Waals surface area contributed by atoms with Crippen molar-refractivity contribution in [3.8, 4) is 0 Å². The normalized spacial score (nSPS) is 16.3. The van der Waals surface area contributed by atoms with E-state index in [9.17, 15) is 0 Å². The third-order valence-electron chi connectivity index (χ3n) is 3.02. The van der Waals surface area contributed by atoms with Gasteiger partial charge in [-0.25, -0.2) is 0 Å². The van der Waals surface area contributed by atoms with E-state index >= 15 is 0 Å². The summed E-state index contributed by atoms with van der Waals surface area (Å²) in [5, 5.41) is 4.77. The van der Waals surface area contributed by atoms with Gasteiger partial charge in [0.05, 0.1) is 0 Å². The molecule has 2 nitrogen and oxygen atoms in total. The van der Waals surface area contributed by atoms with Crippen LogP contribution in [0.15, 0.2) is 28.7 Å². The van der Waals surface area contributed by atoms with Crippen LogP contribution in [0.25, 0.3) is 10.9 Å². The van der Waals surface area contributed by atoms with Crippen molar-refractivity contribution in [3.63, 3.8) is 0 Å². The molecule has 0 bridgehead atoms. The van der Waals surface area contributed by atoms with Crippen LogP contribution in [-0.2, 0) is 13.0 Å². The Labute approximate surface area is 97.4 Å². The predicted molar refractivity (Wildman–Crippen MR) is 66.2 cm³/mol. The van der Waals surface area contributed by atoms with Crippen LogP contribution in [0.3, 0.4) is 0 Å². The molecule has 0 saturated heterocycles. The Bertz CT molecular complexity index is 502. The number of aromatic nitrogens is 1. The van der Waals surface area contributed by atoms with Crippen molar-refractivity contribution < 1.29 is 0 Å². The number of fused-ring (bicyclic) bond motifs is 3. The molecule has 0 spiro atoms. The van der Waals surface area contributed by atoms with E-state index in [0.717, 1.165) is 30.5 Å². The first-order valence-corrected chi connectivity index (χ1v) is 6.12. The zero-order valence-corrected chi connectivity index (χ0v) is 10.0. The Morgan fingerprint density at radius 1 is 1.20 bits per heavy atom. The summed E-state index contributed by atoms with van der Waals surface area (Å²) in [6, 6.07) is 8.83. The Morgan fingerprint density at radius 3 is 3.07 bits per heavy atom. The first-order chi connectivity index (χ1) is 7.34. The molecule has 2 aromatic rings. The minimum atomic E-state index is 1.08. The second kappa shape index (κ2) is 3.65. The predicted octanol–water partition coefficient (Wildman–Crippen LogP) is 2.55. The van der Waals surface area contributed by atoms with E-state index in [1.165, 1.54) is 16.6 Å². The van der Waals surface area contributed by atoms with Gasteiger partial charge >= 0.3 is 0 Å². The van der Waals surface area contributed by atoms with Crippen LogP contribution in [0.2, 0.25) is 0 Å². The Kier molecular flexibility index (Phi) is 2.29. The van der Waals surface area contributed by atoms with Crippen molar-refractivity contribution in [1.82, 2.24) is 9.88 Å². The molecule has 78 valence electrons. The molecule has 3 rings (SSSR count). The molecular weight excluding hydrogens is 252 g/mol. The van der Waals surface area contributed by atoms with Crippen LogP contribution in [0.1, 0.15) is 5.69 Å². The van der Waals surface area contributed by atoms with Crippen LogP contribution < -0.4 is 5.32 Å². The van der Waals surface area contributed by atoms with E-state index in [0.29, 0.717) is 0 Å². The zero-order valence-electron chi connectivity index (χ0n) is 8.46. The van der Waals surface area contributed by atoms with Gasteiger partial charge in [0, 0.05) is 47.1 Å². The van der Waals surface area contributed by atoms with Gasteiger partial charge in [-0.3, -0.25) is 0 Å². The molecular formula is C12H13BrN2. The van der Waals surface area contributed by atoms with Crippen LogP contribution in [0.5, 0.6) is 0 Å².